The molecule has 0 saturated carbocycles. The molecule has 0 heterocycles. The molecule has 1 N–H and O–H groups in total. The summed E-state index contributed by atoms with van der Waals surface area (Å²) in [6, 6.07) is 0. The third-order valence-electron chi connectivity index (χ3n) is 1.22. The van der Waals surface area contributed by atoms with Gasteiger partial charge in [0, 0.05) is 5.57 Å². The van der Waals surface area contributed by atoms with Crippen LogP contribution in [0.4, 0.5) is 0 Å². The Kier molecular flexibility index (Phi) is 8.70. The summed E-state index contributed by atoms with van der Waals surface area (Å²) in [5.41, 5.74) is 1.96. The van der Waals surface area contributed by atoms with Gasteiger partial charge in [-0.15, -0.1) is 4.28 Å². The van der Waals surface area contributed by atoms with Crippen molar-refractivity contribution in [2.75, 3.05) is 0 Å². The molecule has 5 nitrogen and oxygen atoms in total. The van der Waals surface area contributed by atoms with Gasteiger partial charge in [-0.2, -0.15) is 8.42 Å². The van der Waals surface area contributed by atoms with E-state index < -0.39 is 21.3 Å². The molecular weight excluding hydrogens is 233 g/mol. The van der Waals surface area contributed by atoms with Gasteiger partial charge in [0.1, 0.15) is 0 Å². The molecule has 0 radical (unpaired) electrons. The summed E-state index contributed by atoms with van der Waals surface area (Å²) < 4.78 is 26.2. The van der Waals surface area contributed by atoms with Gasteiger partial charge in [-0.3, -0.25) is 4.79 Å². The quantitative estimate of drug-likeness (QED) is 0.420. The number of rotatable bonds is 4. The zero-order valence-electron chi connectivity index (χ0n) is 7.83. The Bertz CT molecular complexity index is 310. The number of amides is 1. The van der Waals surface area contributed by atoms with Crippen LogP contribution in [0.15, 0.2) is 12.2 Å². The van der Waals surface area contributed by atoms with Crippen LogP contribution in [0.2, 0.25) is 0 Å². The molecule has 0 fully saturated rings. The van der Waals surface area contributed by atoms with Gasteiger partial charge in [0.15, 0.2) is 0 Å². The van der Waals surface area contributed by atoms with Crippen LogP contribution >= 0.6 is 0 Å². The number of hydrogen-bond donors (Lipinski definition) is 1. The van der Waals surface area contributed by atoms with E-state index >= 15 is 0 Å². The second kappa shape index (κ2) is 7.10. The van der Waals surface area contributed by atoms with E-state index in [9.17, 15) is 13.2 Å². The van der Waals surface area contributed by atoms with Crippen molar-refractivity contribution in [3.8, 4) is 0 Å². The molecule has 0 atom stereocenters. The molecule has 0 unspecified atom stereocenters. The van der Waals surface area contributed by atoms with E-state index in [-0.39, 0.29) is 57.0 Å². The van der Waals surface area contributed by atoms with Crippen LogP contribution in [0.3, 0.4) is 0 Å². The predicted octanol–water partition coefficient (Wildman–Crippen LogP) is -0.300. The van der Waals surface area contributed by atoms with Crippen molar-refractivity contribution in [2.45, 2.75) is 26.0 Å². The molecule has 0 spiro atoms. The van der Waals surface area contributed by atoms with Crippen LogP contribution < -0.4 is 5.48 Å². The van der Waals surface area contributed by atoms with E-state index in [1.54, 1.807) is 5.48 Å². The van der Waals surface area contributed by atoms with Crippen molar-refractivity contribution >= 4 is 67.4 Å². The molecule has 1 amide bonds. The van der Waals surface area contributed by atoms with Crippen molar-refractivity contribution in [1.82, 2.24) is 5.48 Å². The van der Waals surface area contributed by atoms with Gasteiger partial charge in [0.25, 0.3) is 16.0 Å². The first-order chi connectivity index (χ1) is 5.77. The Balaban J connectivity index is 0. The average molecular weight is 247 g/mol. The molecule has 0 aromatic rings. The Labute approximate surface area is 127 Å². The molecule has 0 aromatic heterocycles. The number of hydroxylamine groups is 1. The first kappa shape index (κ1) is 17.2. The average Bonchev–Trinajstić information content (AvgIpc) is 1.99. The number of carbonyl (C=O) groups is 1. The Morgan fingerprint density at radius 1 is 1.43 bits per heavy atom. The minimum atomic E-state index is -3.70. The fourth-order valence-electron chi connectivity index (χ4n) is 0.279. The van der Waals surface area contributed by atoms with Gasteiger partial charge < -0.3 is 0 Å². The summed E-state index contributed by atoms with van der Waals surface area (Å²) in [5, 5.41) is -0.696. The van der Waals surface area contributed by atoms with E-state index in [1.165, 1.54) is 20.8 Å². The second-order valence-electron chi connectivity index (χ2n) is 2.84. The predicted molar refractivity (Wildman–Crippen MR) is 55.2 cm³/mol. The molecule has 0 saturated heterocycles. The molecule has 14 heavy (non-hydrogen) atoms. The first-order valence-electron chi connectivity index (χ1n) is 3.65. The molecule has 0 aromatic carbocycles. The van der Waals surface area contributed by atoms with E-state index in [2.05, 4.69) is 10.9 Å². The van der Waals surface area contributed by atoms with Gasteiger partial charge >= 0.3 is 51.4 Å². The third kappa shape index (κ3) is 6.28. The van der Waals surface area contributed by atoms with E-state index in [1.807, 2.05) is 0 Å². The summed E-state index contributed by atoms with van der Waals surface area (Å²) in [4.78, 5) is 10.8. The molecule has 0 bridgehead atoms. The van der Waals surface area contributed by atoms with Gasteiger partial charge in [-0.1, -0.05) is 6.58 Å². The standard InChI is InChI=1S/C7H13NO4S.K.H/c1-5(2)7(9)8-12-13(10,11)6(3)4;;/h6H,1H2,2-4H3,(H,8,9);;. The summed E-state index contributed by atoms with van der Waals surface area (Å²) in [6.45, 7) is 7.65. The van der Waals surface area contributed by atoms with Crippen LogP contribution in [0.1, 0.15) is 20.8 Å². The van der Waals surface area contributed by atoms with Crippen LogP contribution in [-0.2, 0) is 19.2 Å². The van der Waals surface area contributed by atoms with Crippen LogP contribution in [0.5, 0.6) is 0 Å². The SMILES string of the molecule is C=C(C)C(=O)NOS(=O)(=O)C(C)C.[KH]. The number of nitrogens with one attached hydrogen (secondary N) is 1. The summed E-state index contributed by atoms with van der Waals surface area (Å²) in [5.74, 6) is -0.649. The molecule has 0 aliphatic rings. The zero-order valence-corrected chi connectivity index (χ0v) is 8.64. The Morgan fingerprint density at radius 3 is 2.14 bits per heavy atom. The normalized spacial score (nSPS) is 10.6. The van der Waals surface area contributed by atoms with E-state index in [4.69, 9.17) is 0 Å². The minimum absolute atomic E-state index is 0. The van der Waals surface area contributed by atoms with Gasteiger partial charge in [-0.05, 0) is 20.8 Å². The molecule has 78 valence electrons. The van der Waals surface area contributed by atoms with Crippen molar-refractivity contribution in [1.29, 1.82) is 0 Å². The fraction of sp³-hybridized carbons (Fsp3) is 0.571. The summed E-state index contributed by atoms with van der Waals surface area (Å²) in [6.07, 6.45) is 0. The molecular formula is C7H14KNO4S. The van der Waals surface area contributed by atoms with Crippen LogP contribution in [-0.4, -0.2) is 71.0 Å². The van der Waals surface area contributed by atoms with Crippen molar-refractivity contribution in [3.05, 3.63) is 12.2 Å². The number of carbonyl (C=O) groups excluding carboxylic acids is 1. The summed E-state index contributed by atoms with van der Waals surface area (Å²) >= 11 is 0. The Hall–Kier alpha value is 0.756. The Morgan fingerprint density at radius 2 is 1.86 bits per heavy atom. The zero-order chi connectivity index (χ0) is 10.6. The third-order valence-corrected chi connectivity index (χ3v) is 2.69. The van der Waals surface area contributed by atoms with E-state index in [0.29, 0.717) is 0 Å². The van der Waals surface area contributed by atoms with Crippen molar-refractivity contribution < 1.29 is 17.5 Å². The van der Waals surface area contributed by atoms with Gasteiger partial charge in [0.05, 0.1) is 5.25 Å². The maximum atomic E-state index is 11.0. The molecule has 0 aliphatic carbocycles. The van der Waals surface area contributed by atoms with Crippen molar-refractivity contribution in [2.24, 2.45) is 0 Å². The molecule has 0 aliphatic heterocycles. The second-order valence-corrected chi connectivity index (χ2v) is 4.93. The number of hydrogen-bond acceptors (Lipinski definition) is 4. The summed E-state index contributed by atoms with van der Waals surface area (Å²) in [7, 11) is -3.70. The molecule has 7 heteroatoms. The van der Waals surface area contributed by atoms with Gasteiger partial charge in [-0.25, -0.2) is 5.48 Å². The van der Waals surface area contributed by atoms with Crippen LogP contribution in [0.25, 0.3) is 0 Å². The topological polar surface area (TPSA) is 72.5 Å². The fourth-order valence-corrected chi connectivity index (χ4v) is 0.664. The van der Waals surface area contributed by atoms with Crippen LogP contribution in [0, 0.1) is 0 Å². The monoisotopic (exact) mass is 247 g/mol. The maximum absolute atomic E-state index is 11.0. The molecule has 0 rings (SSSR count). The van der Waals surface area contributed by atoms with Gasteiger partial charge in [0.2, 0.25) is 0 Å². The van der Waals surface area contributed by atoms with Crippen molar-refractivity contribution in [3.63, 3.8) is 0 Å². The first-order valence-corrected chi connectivity index (χ1v) is 5.12. The van der Waals surface area contributed by atoms with E-state index in [0.717, 1.165) is 0 Å².